The molecule has 0 aliphatic carbocycles. The number of aromatic nitrogens is 1. The van der Waals surface area contributed by atoms with Gasteiger partial charge < -0.3 is 4.74 Å². The molecule has 0 unspecified atom stereocenters. The van der Waals surface area contributed by atoms with Crippen LogP contribution in [-0.2, 0) is 14.8 Å². The number of hydrogen-bond acceptors (Lipinski definition) is 6. The van der Waals surface area contributed by atoms with Crippen molar-refractivity contribution in [1.29, 1.82) is 0 Å². The number of carbonyl (C=O) groups excluding carboxylic acids is 1. The Balaban J connectivity index is 3.23. The van der Waals surface area contributed by atoms with Crippen LogP contribution in [0.5, 0.6) is 0 Å². The molecule has 8 heteroatoms. The van der Waals surface area contributed by atoms with E-state index in [9.17, 15) is 13.2 Å². The summed E-state index contributed by atoms with van der Waals surface area (Å²) in [5.74, 6) is -0.758. The van der Waals surface area contributed by atoms with E-state index >= 15 is 0 Å². The zero-order valence-corrected chi connectivity index (χ0v) is 12.7. The van der Waals surface area contributed by atoms with Crippen molar-refractivity contribution in [3.05, 3.63) is 23.4 Å². The standard InChI is InChI=1S/C11H16N2O4S2/c1-5-13(6-8(2)3)19(15,16)11-9(10(14)17-4)12-7-18-11/h7H,2,5-6H2,1,3-4H3. The van der Waals surface area contributed by atoms with Crippen LogP contribution in [0.1, 0.15) is 24.3 Å². The number of esters is 1. The first kappa shape index (κ1) is 15.8. The molecular formula is C11H16N2O4S2. The number of carbonyl (C=O) groups is 1. The highest BCUT2D eigenvalue weighted by molar-refractivity contribution is 7.91. The number of rotatable bonds is 6. The highest BCUT2D eigenvalue weighted by atomic mass is 32.2. The number of ether oxygens (including phenoxy) is 1. The fraction of sp³-hybridized carbons (Fsp3) is 0.455. The number of likely N-dealkylation sites (N-methyl/N-ethyl adjacent to an activating group) is 1. The van der Waals surface area contributed by atoms with Gasteiger partial charge in [-0.25, -0.2) is 18.2 Å². The van der Waals surface area contributed by atoms with Crippen molar-refractivity contribution < 1.29 is 17.9 Å². The third-order valence-corrected chi connectivity index (χ3v) is 5.55. The fourth-order valence-electron chi connectivity index (χ4n) is 1.44. The van der Waals surface area contributed by atoms with Crippen LogP contribution >= 0.6 is 11.3 Å². The summed E-state index contributed by atoms with van der Waals surface area (Å²) in [6, 6.07) is 0. The van der Waals surface area contributed by atoms with Crippen molar-refractivity contribution >= 4 is 27.3 Å². The predicted octanol–water partition coefficient (Wildman–Crippen LogP) is 1.52. The van der Waals surface area contributed by atoms with Crippen molar-refractivity contribution in [3.63, 3.8) is 0 Å². The molecule has 106 valence electrons. The summed E-state index contributed by atoms with van der Waals surface area (Å²) in [6.07, 6.45) is 0. The second kappa shape index (κ2) is 6.27. The number of methoxy groups -OCH3 is 1. The number of thiazole rings is 1. The molecule has 0 amide bonds. The highest BCUT2D eigenvalue weighted by Crippen LogP contribution is 2.25. The maximum absolute atomic E-state index is 12.4. The van der Waals surface area contributed by atoms with E-state index < -0.39 is 16.0 Å². The minimum absolute atomic E-state index is 0.0950. The molecule has 0 saturated heterocycles. The van der Waals surface area contributed by atoms with Crippen LogP contribution in [-0.4, -0.2) is 43.9 Å². The second-order valence-electron chi connectivity index (χ2n) is 3.87. The van der Waals surface area contributed by atoms with Gasteiger partial charge in [0.2, 0.25) is 0 Å². The number of hydrogen-bond donors (Lipinski definition) is 0. The molecule has 1 aromatic heterocycles. The van der Waals surface area contributed by atoms with E-state index in [1.165, 1.54) is 16.9 Å². The molecule has 0 atom stereocenters. The van der Waals surface area contributed by atoms with Gasteiger partial charge in [-0.1, -0.05) is 19.1 Å². The van der Waals surface area contributed by atoms with Gasteiger partial charge in [0.15, 0.2) is 9.90 Å². The van der Waals surface area contributed by atoms with Gasteiger partial charge in [0, 0.05) is 13.1 Å². The monoisotopic (exact) mass is 304 g/mol. The summed E-state index contributed by atoms with van der Waals surface area (Å²) in [5.41, 5.74) is 1.86. The quantitative estimate of drug-likeness (QED) is 0.588. The first-order valence-corrected chi connectivity index (χ1v) is 7.82. The van der Waals surface area contributed by atoms with Gasteiger partial charge in [-0.15, -0.1) is 11.3 Å². The zero-order chi connectivity index (χ0) is 14.6. The van der Waals surface area contributed by atoms with Crippen LogP contribution in [0.25, 0.3) is 0 Å². The first-order valence-electron chi connectivity index (χ1n) is 5.50. The molecule has 6 nitrogen and oxygen atoms in total. The molecular weight excluding hydrogens is 288 g/mol. The maximum Gasteiger partial charge on any atom is 0.358 e. The lowest BCUT2D eigenvalue weighted by Gasteiger charge is -2.19. The largest absolute Gasteiger partial charge is 0.464 e. The molecule has 19 heavy (non-hydrogen) atoms. The molecule has 0 saturated carbocycles. The molecule has 0 aromatic carbocycles. The van der Waals surface area contributed by atoms with E-state index in [2.05, 4.69) is 16.3 Å². The minimum atomic E-state index is -3.76. The van der Waals surface area contributed by atoms with Crippen molar-refractivity contribution in [1.82, 2.24) is 9.29 Å². The van der Waals surface area contributed by atoms with Crippen LogP contribution in [0.15, 0.2) is 21.9 Å². The van der Waals surface area contributed by atoms with Gasteiger partial charge >= 0.3 is 5.97 Å². The molecule has 1 aromatic rings. The lowest BCUT2D eigenvalue weighted by molar-refractivity contribution is 0.0590. The third kappa shape index (κ3) is 3.40. The topological polar surface area (TPSA) is 76.6 Å². The molecule has 0 radical (unpaired) electrons. The van der Waals surface area contributed by atoms with E-state index in [0.29, 0.717) is 0 Å². The molecule has 0 bridgehead atoms. The lowest BCUT2D eigenvalue weighted by atomic mass is 10.3. The van der Waals surface area contributed by atoms with Gasteiger partial charge in [0.05, 0.1) is 12.6 Å². The van der Waals surface area contributed by atoms with Crippen molar-refractivity contribution in [2.24, 2.45) is 0 Å². The molecule has 0 spiro atoms. The Kier molecular flexibility index (Phi) is 5.21. The Morgan fingerprint density at radius 2 is 2.21 bits per heavy atom. The highest BCUT2D eigenvalue weighted by Gasteiger charge is 2.31. The molecule has 1 rings (SSSR count). The van der Waals surface area contributed by atoms with E-state index in [1.54, 1.807) is 13.8 Å². The molecule has 0 fully saturated rings. The Labute approximate surface area is 116 Å². The predicted molar refractivity (Wildman–Crippen MR) is 72.7 cm³/mol. The Morgan fingerprint density at radius 3 is 2.68 bits per heavy atom. The smallest absolute Gasteiger partial charge is 0.358 e. The summed E-state index contributed by atoms with van der Waals surface area (Å²) >= 11 is 0.900. The molecule has 1 heterocycles. The van der Waals surface area contributed by atoms with Crippen LogP contribution in [0, 0.1) is 0 Å². The summed E-state index contributed by atoms with van der Waals surface area (Å²) in [6.45, 7) is 7.66. The van der Waals surface area contributed by atoms with E-state index in [-0.39, 0.29) is 23.0 Å². The summed E-state index contributed by atoms with van der Waals surface area (Å²) < 4.78 is 30.6. The van der Waals surface area contributed by atoms with Gasteiger partial charge in [0.25, 0.3) is 10.0 Å². The summed E-state index contributed by atoms with van der Waals surface area (Å²) in [4.78, 5) is 15.3. The van der Waals surface area contributed by atoms with Crippen molar-refractivity contribution in [2.75, 3.05) is 20.2 Å². The van der Waals surface area contributed by atoms with Gasteiger partial charge in [-0.2, -0.15) is 4.31 Å². The number of nitrogens with zero attached hydrogens (tertiary/aromatic N) is 2. The van der Waals surface area contributed by atoms with E-state index in [0.717, 1.165) is 16.9 Å². The molecule has 0 aliphatic rings. The third-order valence-electron chi connectivity index (χ3n) is 2.29. The van der Waals surface area contributed by atoms with Gasteiger partial charge in [0.1, 0.15) is 0 Å². The van der Waals surface area contributed by atoms with Crippen LogP contribution < -0.4 is 0 Å². The van der Waals surface area contributed by atoms with Crippen molar-refractivity contribution in [2.45, 2.75) is 18.1 Å². The Morgan fingerprint density at radius 1 is 1.58 bits per heavy atom. The second-order valence-corrected chi connectivity index (χ2v) is 6.86. The lowest BCUT2D eigenvalue weighted by Crippen LogP contribution is -2.32. The average molecular weight is 304 g/mol. The van der Waals surface area contributed by atoms with Crippen molar-refractivity contribution in [3.8, 4) is 0 Å². The SMILES string of the molecule is C=C(C)CN(CC)S(=O)(=O)c1scnc1C(=O)OC. The zero-order valence-electron chi connectivity index (χ0n) is 11.0. The van der Waals surface area contributed by atoms with E-state index in [4.69, 9.17) is 0 Å². The van der Waals surface area contributed by atoms with Crippen LogP contribution in [0.2, 0.25) is 0 Å². The van der Waals surface area contributed by atoms with Gasteiger partial charge in [-0.05, 0) is 6.92 Å². The number of sulfonamides is 1. The maximum atomic E-state index is 12.4. The minimum Gasteiger partial charge on any atom is -0.464 e. The summed E-state index contributed by atoms with van der Waals surface area (Å²) in [7, 11) is -2.58. The summed E-state index contributed by atoms with van der Waals surface area (Å²) in [5, 5.41) is 0. The van der Waals surface area contributed by atoms with Crippen LogP contribution in [0.3, 0.4) is 0 Å². The van der Waals surface area contributed by atoms with Gasteiger partial charge in [-0.3, -0.25) is 0 Å². The van der Waals surface area contributed by atoms with Crippen LogP contribution in [0.4, 0.5) is 0 Å². The molecule has 0 aliphatic heterocycles. The van der Waals surface area contributed by atoms with E-state index in [1.807, 2.05) is 0 Å². The normalized spacial score (nSPS) is 11.6. The Hall–Kier alpha value is -1.25. The first-order chi connectivity index (χ1) is 8.84. The fourth-order valence-corrected chi connectivity index (χ4v) is 4.21. The Bertz CT molecular complexity index is 577. The average Bonchev–Trinajstić information content (AvgIpc) is 2.84. The molecule has 0 N–H and O–H groups in total.